The zero-order valence-corrected chi connectivity index (χ0v) is 12.4. The number of aliphatic hydroxyl groups excluding tert-OH is 1. The molecule has 7 heteroatoms. The summed E-state index contributed by atoms with van der Waals surface area (Å²) in [5, 5.41) is 25.7. The minimum atomic E-state index is -0.437. The van der Waals surface area contributed by atoms with Gasteiger partial charge in [-0.2, -0.15) is 0 Å². The highest BCUT2D eigenvalue weighted by molar-refractivity contribution is 5.76. The first-order valence-corrected chi connectivity index (χ1v) is 7.41. The minimum Gasteiger partial charge on any atom is -0.396 e. The molecule has 1 aliphatic rings. The molecule has 0 atom stereocenters. The number of non-ortho nitro benzene ring substituents is 1. The van der Waals surface area contributed by atoms with Crippen LogP contribution in [0.1, 0.15) is 25.7 Å². The summed E-state index contributed by atoms with van der Waals surface area (Å²) in [6.07, 6.45) is 3.05. The van der Waals surface area contributed by atoms with Crippen LogP contribution in [-0.2, 0) is 4.79 Å². The Kier molecular flexibility index (Phi) is 5.32. The van der Waals surface area contributed by atoms with Crippen molar-refractivity contribution in [3.8, 4) is 0 Å². The summed E-state index contributed by atoms with van der Waals surface area (Å²) in [5.74, 6) is -0.00905. The highest BCUT2D eigenvalue weighted by Gasteiger charge is 2.41. The number of carbonyl (C=O) groups excluding carboxylic acids is 1. The molecule has 22 heavy (non-hydrogen) atoms. The molecule has 1 amide bonds. The number of rotatable bonds is 9. The fourth-order valence-electron chi connectivity index (χ4n) is 2.12. The molecule has 0 saturated heterocycles. The molecule has 3 N–H and O–H groups in total. The van der Waals surface area contributed by atoms with Gasteiger partial charge in [-0.05, 0) is 31.4 Å². The Morgan fingerprint density at radius 3 is 2.55 bits per heavy atom. The predicted octanol–water partition coefficient (Wildman–Crippen LogP) is 1.68. The number of nitro groups is 1. The number of amides is 1. The molecular weight excluding hydrogens is 286 g/mol. The van der Waals surface area contributed by atoms with E-state index in [0.29, 0.717) is 25.9 Å². The average Bonchev–Trinajstić information content (AvgIpc) is 3.31. The van der Waals surface area contributed by atoms with E-state index in [0.717, 1.165) is 18.5 Å². The van der Waals surface area contributed by atoms with Crippen molar-refractivity contribution in [2.45, 2.75) is 25.7 Å². The number of nitrogens with zero attached hydrogens (tertiary/aromatic N) is 1. The molecule has 0 radical (unpaired) electrons. The van der Waals surface area contributed by atoms with Crippen LogP contribution in [0.15, 0.2) is 24.3 Å². The standard InChI is InChI=1S/C15H21N3O4/c19-11-15(7-8-15)10-17-14(20)2-1-9-16-12-3-5-13(6-4-12)18(21)22/h3-6,16,19H,1-2,7-11H2,(H,17,20). The van der Waals surface area contributed by atoms with Crippen molar-refractivity contribution in [3.05, 3.63) is 34.4 Å². The Morgan fingerprint density at radius 1 is 1.32 bits per heavy atom. The molecule has 0 aliphatic heterocycles. The second kappa shape index (κ2) is 7.22. The topological polar surface area (TPSA) is 104 Å². The highest BCUT2D eigenvalue weighted by Crippen LogP contribution is 2.44. The van der Waals surface area contributed by atoms with Crippen molar-refractivity contribution in [3.63, 3.8) is 0 Å². The van der Waals surface area contributed by atoms with Crippen LogP contribution >= 0.6 is 0 Å². The van der Waals surface area contributed by atoms with E-state index in [2.05, 4.69) is 10.6 Å². The van der Waals surface area contributed by atoms with E-state index >= 15 is 0 Å². The summed E-state index contributed by atoms with van der Waals surface area (Å²) in [4.78, 5) is 21.8. The lowest BCUT2D eigenvalue weighted by atomic mass is 10.1. The van der Waals surface area contributed by atoms with Crippen LogP contribution in [0.3, 0.4) is 0 Å². The maximum atomic E-state index is 11.7. The summed E-state index contributed by atoms with van der Waals surface area (Å²) in [6.45, 7) is 1.31. The number of benzene rings is 1. The van der Waals surface area contributed by atoms with Crippen molar-refractivity contribution in [2.24, 2.45) is 5.41 Å². The first-order chi connectivity index (χ1) is 10.5. The van der Waals surface area contributed by atoms with Crippen molar-refractivity contribution in [2.75, 3.05) is 25.0 Å². The molecule has 1 aliphatic carbocycles. The number of hydrogen-bond acceptors (Lipinski definition) is 5. The second-order valence-electron chi connectivity index (χ2n) is 5.77. The van der Waals surface area contributed by atoms with Gasteiger partial charge in [0.05, 0.1) is 11.5 Å². The minimum absolute atomic E-state index is 0.00905. The van der Waals surface area contributed by atoms with Gasteiger partial charge >= 0.3 is 0 Å². The van der Waals surface area contributed by atoms with Crippen LogP contribution < -0.4 is 10.6 Å². The molecule has 7 nitrogen and oxygen atoms in total. The average molecular weight is 307 g/mol. The van der Waals surface area contributed by atoms with Crippen LogP contribution in [0, 0.1) is 15.5 Å². The Labute approximate surface area is 128 Å². The van der Waals surface area contributed by atoms with E-state index in [-0.39, 0.29) is 23.6 Å². The second-order valence-corrected chi connectivity index (χ2v) is 5.77. The molecule has 1 aromatic carbocycles. The third-order valence-corrected chi connectivity index (χ3v) is 3.94. The molecule has 0 unspecified atom stereocenters. The molecule has 2 rings (SSSR count). The van der Waals surface area contributed by atoms with Gasteiger partial charge in [0.2, 0.25) is 5.91 Å². The van der Waals surface area contributed by atoms with Gasteiger partial charge in [-0.3, -0.25) is 14.9 Å². The molecule has 0 aromatic heterocycles. The number of carbonyl (C=O) groups is 1. The van der Waals surface area contributed by atoms with E-state index in [1.54, 1.807) is 12.1 Å². The lowest BCUT2D eigenvalue weighted by Crippen LogP contribution is -2.31. The number of hydrogen-bond donors (Lipinski definition) is 3. The van der Waals surface area contributed by atoms with Gasteiger partial charge in [0.1, 0.15) is 0 Å². The maximum Gasteiger partial charge on any atom is 0.269 e. The van der Waals surface area contributed by atoms with Gasteiger partial charge < -0.3 is 15.7 Å². The summed E-state index contributed by atoms with van der Waals surface area (Å²) >= 11 is 0. The van der Waals surface area contributed by atoms with Crippen molar-refractivity contribution >= 4 is 17.3 Å². The normalized spacial score (nSPS) is 15.1. The van der Waals surface area contributed by atoms with E-state index in [9.17, 15) is 14.9 Å². The zero-order chi connectivity index (χ0) is 16.0. The van der Waals surface area contributed by atoms with Crippen LogP contribution in [-0.4, -0.2) is 35.6 Å². The fraction of sp³-hybridized carbons (Fsp3) is 0.533. The van der Waals surface area contributed by atoms with E-state index in [1.165, 1.54) is 12.1 Å². The monoisotopic (exact) mass is 307 g/mol. The van der Waals surface area contributed by atoms with Gasteiger partial charge in [0, 0.05) is 42.7 Å². The molecular formula is C15H21N3O4. The Bertz CT molecular complexity index is 526. The molecule has 0 bridgehead atoms. The zero-order valence-electron chi connectivity index (χ0n) is 12.4. The fourth-order valence-corrected chi connectivity index (χ4v) is 2.12. The van der Waals surface area contributed by atoms with Crippen LogP contribution in [0.5, 0.6) is 0 Å². The molecule has 120 valence electrons. The van der Waals surface area contributed by atoms with Crippen molar-refractivity contribution in [1.82, 2.24) is 5.32 Å². The van der Waals surface area contributed by atoms with Crippen LogP contribution in [0.4, 0.5) is 11.4 Å². The molecule has 0 spiro atoms. The third-order valence-electron chi connectivity index (χ3n) is 3.94. The summed E-state index contributed by atoms with van der Waals surface area (Å²) in [5.41, 5.74) is 0.790. The third kappa shape index (κ3) is 4.70. The Balaban J connectivity index is 1.60. The highest BCUT2D eigenvalue weighted by atomic mass is 16.6. The lowest BCUT2D eigenvalue weighted by molar-refractivity contribution is -0.384. The molecule has 1 saturated carbocycles. The van der Waals surface area contributed by atoms with Crippen molar-refractivity contribution < 1.29 is 14.8 Å². The largest absolute Gasteiger partial charge is 0.396 e. The number of anilines is 1. The number of aliphatic hydroxyl groups is 1. The van der Waals surface area contributed by atoms with Crippen LogP contribution in [0.2, 0.25) is 0 Å². The molecule has 1 aromatic rings. The smallest absolute Gasteiger partial charge is 0.269 e. The lowest BCUT2D eigenvalue weighted by Gasteiger charge is -2.12. The Hall–Kier alpha value is -2.15. The van der Waals surface area contributed by atoms with E-state index < -0.39 is 4.92 Å². The van der Waals surface area contributed by atoms with Gasteiger partial charge in [0.25, 0.3) is 5.69 Å². The quantitative estimate of drug-likeness (QED) is 0.366. The predicted molar refractivity (Wildman–Crippen MR) is 82.6 cm³/mol. The van der Waals surface area contributed by atoms with Crippen LogP contribution in [0.25, 0.3) is 0 Å². The van der Waals surface area contributed by atoms with E-state index in [1.807, 2.05) is 0 Å². The number of nitrogens with one attached hydrogen (secondary N) is 2. The first-order valence-electron chi connectivity index (χ1n) is 7.41. The van der Waals surface area contributed by atoms with Gasteiger partial charge in [-0.15, -0.1) is 0 Å². The molecule has 1 fully saturated rings. The summed E-state index contributed by atoms with van der Waals surface area (Å²) < 4.78 is 0. The summed E-state index contributed by atoms with van der Waals surface area (Å²) in [6, 6.07) is 6.19. The molecule has 0 heterocycles. The number of nitro benzene ring substituents is 1. The van der Waals surface area contributed by atoms with Crippen molar-refractivity contribution in [1.29, 1.82) is 0 Å². The van der Waals surface area contributed by atoms with Gasteiger partial charge in [-0.25, -0.2) is 0 Å². The Morgan fingerprint density at radius 2 is 2.00 bits per heavy atom. The maximum absolute atomic E-state index is 11.7. The first kappa shape index (κ1) is 16.2. The van der Waals surface area contributed by atoms with Gasteiger partial charge in [-0.1, -0.05) is 0 Å². The van der Waals surface area contributed by atoms with Gasteiger partial charge in [0.15, 0.2) is 0 Å². The SMILES string of the molecule is O=C(CCCNc1ccc([N+](=O)[O-])cc1)NCC1(CO)CC1. The summed E-state index contributed by atoms with van der Waals surface area (Å²) in [7, 11) is 0. The van der Waals surface area contributed by atoms with E-state index in [4.69, 9.17) is 5.11 Å².